The van der Waals surface area contributed by atoms with Gasteiger partial charge in [0.25, 0.3) is 0 Å². The molecule has 0 bridgehead atoms. The molecule has 1 saturated heterocycles. The number of piperidine rings is 1. The lowest BCUT2D eigenvalue weighted by molar-refractivity contribution is -0.141. The number of ether oxygens (including phenoxy) is 1. The predicted octanol–water partition coefficient (Wildman–Crippen LogP) is 3.15. The van der Waals surface area contributed by atoms with E-state index in [1.54, 1.807) is 6.92 Å². The van der Waals surface area contributed by atoms with Gasteiger partial charge in [-0.1, -0.05) is 6.58 Å². The maximum atomic E-state index is 11.4. The fourth-order valence-corrected chi connectivity index (χ4v) is 3.00. The molecular weight excluding hydrogens is 226 g/mol. The van der Waals surface area contributed by atoms with Crippen LogP contribution in [-0.4, -0.2) is 35.1 Å². The van der Waals surface area contributed by atoms with Crippen LogP contribution in [0.2, 0.25) is 0 Å². The highest BCUT2D eigenvalue weighted by atomic mass is 16.5. The first kappa shape index (κ1) is 15.2. The Hall–Kier alpha value is -0.830. The standard InChI is InChI=1S/C15H27NO2/c1-12(2)13(17)18-11-10-16-14(3,4)8-7-9-15(16,5)6/h1,7-11H2,2-6H3. The minimum atomic E-state index is -0.289. The van der Waals surface area contributed by atoms with E-state index in [4.69, 9.17) is 4.74 Å². The van der Waals surface area contributed by atoms with Crippen LogP contribution in [0.5, 0.6) is 0 Å². The molecule has 0 atom stereocenters. The summed E-state index contributed by atoms with van der Waals surface area (Å²) in [5.74, 6) is -0.289. The molecule has 0 spiro atoms. The molecule has 0 saturated carbocycles. The van der Waals surface area contributed by atoms with Crippen LogP contribution < -0.4 is 0 Å². The zero-order valence-corrected chi connectivity index (χ0v) is 12.5. The van der Waals surface area contributed by atoms with E-state index in [2.05, 4.69) is 39.2 Å². The third kappa shape index (κ3) is 3.58. The van der Waals surface area contributed by atoms with E-state index in [9.17, 15) is 4.79 Å². The van der Waals surface area contributed by atoms with Gasteiger partial charge in [0, 0.05) is 23.2 Å². The molecule has 0 amide bonds. The first-order valence-electron chi connectivity index (χ1n) is 6.77. The van der Waals surface area contributed by atoms with Gasteiger partial charge in [-0.3, -0.25) is 4.90 Å². The van der Waals surface area contributed by atoms with Crippen molar-refractivity contribution in [3.8, 4) is 0 Å². The van der Waals surface area contributed by atoms with Gasteiger partial charge in [-0.25, -0.2) is 4.79 Å². The topological polar surface area (TPSA) is 29.5 Å². The van der Waals surface area contributed by atoms with Gasteiger partial charge in [0.1, 0.15) is 6.61 Å². The maximum absolute atomic E-state index is 11.4. The number of hydrogen-bond acceptors (Lipinski definition) is 3. The second kappa shape index (κ2) is 5.43. The van der Waals surface area contributed by atoms with E-state index in [1.807, 2.05) is 0 Å². The molecule has 0 aromatic rings. The van der Waals surface area contributed by atoms with Crippen molar-refractivity contribution in [2.45, 2.75) is 65.0 Å². The van der Waals surface area contributed by atoms with Crippen molar-refractivity contribution in [3.05, 3.63) is 12.2 Å². The summed E-state index contributed by atoms with van der Waals surface area (Å²) >= 11 is 0. The molecule has 0 aromatic carbocycles. The van der Waals surface area contributed by atoms with E-state index < -0.39 is 0 Å². The zero-order chi connectivity index (χ0) is 14.0. The predicted molar refractivity (Wildman–Crippen MR) is 74.5 cm³/mol. The van der Waals surface area contributed by atoms with E-state index in [0.29, 0.717) is 12.2 Å². The highest BCUT2D eigenvalue weighted by molar-refractivity contribution is 5.86. The lowest BCUT2D eigenvalue weighted by Gasteiger charge is -2.52. The van der Waals surface area contributed by atoms with Gasteiger partial charge >= 0.3 is 5.97 Å². The van der Waals surface area contributed by atoms with Gasteiger partial charge in [0.2, 0.25) is 0 Å². The summed E-state index contributed by atoms with van der Waals surface area (Å²) in [6.07, 6.45) is 3.66. The SMILES string of the molecule is C=C(C)C(=O)OCCN1C(C)(C)CCCC1(C)C. The average molecular weight is 253 g/mol. The molecule has 1 aliphatic heterocycles. The van der Waals surface area contributed by atoms with Gasteiger partial charge in [0.05, 0.1) is 0 Å². The van der Waals surface area contributed by atoms with E-state index in [1.165, 1.54) is 19.3 Å². The van der Waals surface area contributed by atoms with Gasteiger partial charge in [0.15, 0.2) is 0 Å². The number of hydrogen-bond donors (Lipinski definition) is 0. The first-order chi connectivity index (χ1) is 8.17. The maximum Gasteiger partial charge on any atom is 0.333 e. The lowest BCUT2D eigenvalue weighted by atomic mass is 9.80. The molecule has 1 aliphatic rings. The number of esters is 1. The molecule has 1 rings (SSSR count). The minimum Gasteiger partial charge on any atom is -0.461 e. The third-order valence-electron chi connectivity index (χ3n) is 3.94. The van der Waals surface area contributed by atoms with Crippen LogP contribution >= 0.6 is 0 Å². The van der Waals surface area contributed by atoms with Crippen LogP contribution in [0.1, 0.15) is 53.9 Å². The first-order valence-corrected chi connectivity index (χ1v) is 6.77. The highest BCUT2D eigenvalue weighted by Gasteiger charge is 2.40. The monoisotopic (exact) mass is 253 g/mol. The Labute approximate surface area is 111 Å². The Kier molecular flexibility index (Phi) is 4.60. The molecule has 0 aromatic heterocycles. The number of carbonyl (C=O) groups excluding carboxylic acids is 1. The third-order valence-corrected chi connectivity index (χ3v) is 3.94. The molecule has 3 heteroatoms. The Morgan fingerprint density at radius 3 is 2.17 bits per heavy atom. The molecule has 0 N–H and O–H groups in total. The van der Waals surface area contributed by atoms with Crippen molar-refractivity contribution in [1.29, 1.82) is 0 Å². The van der Waals surface area contributed by atoms with Crippen molar-refractivity contribution < 1.29 is 9.53 Å². The highest BCUT2D eigenvalue weighted by Crippen LogP contribution is 2.37. The summed E-state index contributed by atoms with van der Waals surface area (Å²) in [6, 6.07) is 0. The van der Waals surface area contributed by atoms with E-state index >= 15 is 0 Å². The molecule has 18 heavy (non-hydrogen) atoms. The van der Waals surface area contributed by atoms with Crippen molar-refractivity contribution in [1.82, 2.24) is 4.90 Å². The van der Waals surface area contributed by atoms with Crippen LogP contribution in [-0.2, 0) is 9.53 Å². The fraction of sp³-hybridized carbons (Fsp3) is 0.800. The molecule has 1 heterocycles. The molecular formula is C15H27NO2. The van der Waals surface area contributed by atoms with Crippen molar-refractivity contribution in [2.75, 3.05) is 13.2 Å². The van der Waals surface area contributed by atoms with Crippen molar-refractivity contribution in [2.24, 2.45) is 0 Å². The summed E-state index contributed by atoms with van der Waals surface area (Å²) in [7, 11) is 0. The number of rotatable bonds is 4. The Morgan fingerprint density at radius 1 is 1.22 bits per heavy atom. The van der Waals surface area contributed by atoms with Gasteiger partial charge < -0.3 is 4.74 Å². The Balaban J connectivity index is 2.57. The number of likely N-dealkylation sites (tertiary alicyclic amines) is 1. The average Bonchev–Trinajstić information content (AvgIpc) is 2.20. The fourth-order valence-electron chi connectivity index (χ4n) is 3.00. The molecule has 0 unspecified atom stereocenters. The number of carbonyl (C=O) groups is 1. The summed E-state index contributed by atoms with van der Waals surface area (Å²) in [5.41, 5.74) is 0.821. The Bertz CT molecular complexity index is 315. The van der Waals surface area contributed by atoms with Crippen LogP contribution in [0.4, 0.5) is 0 Å². The minimum absolute atomic E-state index is 0.178. The van der Waals surface area contributed by atoms with E-state index in [-0.39, 0.29) is 17.0 Å². The normalized spacial score (nSPS) is 22.5. The van der Waals surface area contributed by atoms with Crippen molar-refractivity contribution >= 4 is 5.97 Å². The van der Waals surface area contributed by atoms with Gasteiger partial charge in [-0.2, -0.15) is 0 Å². The second-order valence-electron chi connectivity index (χ2n) is 6.55. The molecule has 0 radical (unpaired) electrons. The summed E-state index contributed by atoms with van der Waals surface area (Å²) < 4.78 is 5.21. The van der Waals surface area contributed by atoms with Gasteiger partial charge in [-0.15, -0.1) is 0 Å². The second-order valence-corrected chi connectivity index (χ2v) is 6.55. The summed E-state index contributed by atoms with van der Waals surface area (Å²) in [5, 5.41) is 0. The van der Waals surface area contributed by atoms with Crippen LogP contribution in [0, 0.1) is 0 Å². The molecule has 1 fully saturated rings. The summed E-state index contributed by atoms with van der Waals surface area (Å²) in [6.45, 7) is 15.6. The smallest absolute Gasteiger partial charge is 0.333 e. The number of nitrogens with zero attached hydrogens (tertiary/aromatic N) is 1. The Morgan fingerprint density at radius 2 is 1.72 bits per heavy atom. The molecule has 0 aliphatic carbocycles. The van der Waals surface area contributed by atoms with Crippen LogP contribution in [0.25, 0.3) is 0 Å². The van der Waals surface area contributed by atoms with Crippen LogP contribution in [0.3, 0.4) is 0 Å². The summed E-state index contributed by atoms with van der Waals surface area (Å²) in [4.78, 5) is 13.8. The largest absolute Gasteiger partial charge is 0.461 e. The quantitative estimate of drug-likeness (QED) is 0.569. The van der Waals surface area contributed by atoms with E-state index in [0.717, 1.165) is 6.54 Å². The lowest BCUT2D eigenvalue weighted by Crippen LogP contribution is -2.59. The van der Waals surface area contributed by atoms with Crippen LogP contribution in [0.15, 0.2) is 12.2 Å². The zero-order valence-electron chi connectivity index (χ0n) is 12.5. The molecule has 104 valence electrons. The van der Waals surface area contributed by atoms with Gasteiger partial charge in [-0.05, 0) is 53.9 Å². The van der Waals surface area contributed by atoms with Crippen molar-refractivity contribution in [3.63, 3.8) is 0 Å². The molecule has 3 nitrogen and oxygen atoms in total.